The van der Waals surface area contributed by atoms with Crippen LogP contribution in [0.3, 0.4) is 0 Å². The second-order valence-corrected chi connectivity index (χ2v) is 7.80. The molecule has 0 aromatic heterocycles. The van der Waals surface area contributed by atoms with Crippen LogP contribution in [-0.2, 0) is 10.0 Å². The summed E-state index contributed by atoms with van der Waals surface area (Å²) in [6.45, 7) is 5.78. The zero-order chi connectivity index (χ0) is 16.2. The highest BCUT2D eigenvalue weighted by molar-refractivity contribution is 7.89. The van der Waals surface area contributed by atoms with Gasteiger partial charge in [0.2, 0.25) is 10.0 Å². The highest BCUT2D eigenvalue weighted by atomic mass is 32.2. The number of anilines is 1. The zero-order valence-electron chi connectivity index (χ0n) is 13.0. The normalized spacial score (nSPS) is 16.0. The Morgan fingerprint density at radius 3 is 2.32 bits per heavy atom. The van der Waals surface area contributed by atoms with E-state index in [9.17, 15) is 13.2 Å². The van der Waals surface area contributed by atoms with E-state index in [0.717, 1.165) is 12.8 Å². The summed E-state index contributed by atoms with van der Waals surface area (Å²) in [5, 5.41) is 5.43. The fourth-order valence-corrected chi connectivity index (χ4v) is 3.78. The molecular formula is C15H23N3O3S. The minimum absolute atomic E-state index is 0.266. The van der Waals surface area contributed by atoms with Crippen LogP contribution in [0, 0.1) is 5.92 Å². The van der Waals surface area contributed by atoms with Crippen molar-refractivity contribution < 1.29 is 13.2 Å². The first-order valence-corrected chi connectivity index (χ1v) is 8.98. The molecule has 0 atom stereocenters. The number of carbonyl (C=O) groups excluding carboxylic acids is 1. The average Bonchev–Trinajstić information content (AvgIpc) is 3.00. The maximum Gasteiger partial charge on any atom is 0.319 e. The van der Waals surface area contributed by atoms with Crippen molar-refractivity contribution in [3.05, 3.63) is 24.3 Å². The summed E-state index contributed by atoms with van der Waals surface area (Å²) in [5.41, 5.74) is 0.571. The van der Waals surface area contributed by atoms with Crippen LogP contribution in [0.4, 0.5) is 10.5 Å². The van der Waals surface area contributed by atoms with Gasteiger partial charge in [0.05, 0.1) is 4.90 Å². The SMILES string of the molecule is CC(C)CNC(=O)Nc1ccc(S(=O)(=O)N2CCCC2)cc1. The number of urea groups is 1. The molecule has 0 bridgehead atoms. The van der Waals surface area contributed by atoms with Crippen LogP contribution < -0.4 is 10.6 Å². The van der Waals surface area contributed by atoms with Gasteiger partial charge in [0.1, 0.15) is 0 Å². The molecule has 6 nitrogen and oxygen atoms in total. The Balaban J connectivity index is 1.99. The molecule has 7 heteroatoms. The van der Waals surface area contributed by atoms with Gasteiger partial charge in [0, 0.05) is 25.3 Å². The molecule has 0 aliphatic carbocycles. The molecule has 0 spiro atoms. The quantitative estimate of drug-likeness (QED) is 0.871. The van der Waals surface area contributed by atoms with Gasteiger partial charge >= 0.3 is 6.03 Å². The van der Waals surface area contributed by atoms with Crippen molar-refractivity contribution >= 4 is 21.7 Å². The number of nitrogens with one attached hydrogen (secondary N) is 2. The Kier molecular flexibility index (Phi) is 5.42. The van der Waals surface area contributed by atoms with Gasteiger partial charge in [-0.05, 0) is 43.0 Å². The minimum Gasteiger partial charge on any atom is -0.338 e. The molecule has 1 aliphatic rings. The zero-order valence-corrected chi connectivity index (χ0v) is 13.8. The van der Waals surface area contributed by atoms with Crippen molar-refractivity contribution in [1.29, 1.82) is 0 Å². The lowest BCUT2D eigenvalue weighted by Gasteiger charge is -2.15. The molecule has 0 saturated carbocycles. The molecule has 122 valence electrons. The first kappa shape index (κ1) is 16.8. The fraction of sp³-hybridized carbons (Fsp3) is 0.533. The number of nitrogens with zero attached hydrogens (tertiary/aromatic N) is 1. The molecule has 1 heterocycles. The van der Waals surface area contributed by atoms with Crippen LogP contribution >= 0.6 is 0 Å². The number of sulfonamides is 1. The van der Waals surface area contributed by atoms with Crippen molar-refractivity contribution in [3.8, 4) is 0 Å². The minimum atomic E-state index is -3.40. The molecular weight excluding hydrogens is 302 g/mol. The monoisotopic (exact) mass is 325 g/mol. The van der Waals surface area contributed by atoms with Crippen molar-refractivity contribution in [3.63, 3.8) is 0 Å². The van der Waals surface area contributed by atoms with E-state index >= 15 is 0 Å². The molecule has 1 saturated heterocycles. The number of benzene rings is 1. The largest absolute Gasteiger partial charge is 0.338 e. The molecule has 1 aromatic rings. The number of carbonyl (C=O) groups is 1. The summed E-state index contributed by atoms with van der Waals surface area (Å²) in [5.74, 6) is 0.374. The lowest BCUT2D eigenvalue weighted by molar-refractivity contribution is 0.251. The van der Waals surface area contributed by atoms with Gasteiger partial charge in [-0.25, -0.2) is 13.2 Å². The number of amides is 2. The topological polar surface area (TPSA) is 78.5 Å². The standard InChI is InChI=1S/C15H23N3O3S/c1-12(2)11-16-15(19)17-13-5-7-14(8-6-13)22(20,21)18-9-3-4-10-18/h5-8,12H,3-4,9-11H2,1-2H3,(H2,16,17,19). The van der Waals surface area contributed by atoms with E-state index in [-0.39, 0.29) is 10.9 Å². The molecule has 2 rings (SSSR count). The second-order valence-electron chi connectivity index (χ2n) is 5.86. The summed E-state index contributed by atoms with van der Waals surface area (Å²) >= 11 is 0. The van der Waals surface area contributed by atoms with E-state index in [1.54, 1.807) is 12.1 Å². The Morgan fingerprint density at radius 2 is 1.77 bits per heavy atom. The third kappa shape index (κ3) is 4.20. The molecule has 0 unspecified atom stereocenters. The predicted molar refractivity (Wildman–Crippen MR) is 86.3 cm³/mol. The third-order valence-corrected chi connectivity index (χ3v) is 5.40. The van der Waals surface area contributed by atoms with E-state index < -0.39 is 10.0 Å². The first-order valence-electron chi connectivity index (χ1n) is 7.54. The second kappa shape index (κ2) is 7.11. The summed E-state index contributed by atoms with van der Waals surface area (Å²) in [6, 6.07) is 6.00. The Labute approximate surface area is 131 Å². The Morgan fingerprint density at radius 1 is 1.18 bits per heavy atom. The van der Waals surface area contributed by atoms with E-state index in [0.29, 0.717) is 31.2 Å². The highest BCUT2D eigenvalue weighted by Crippen LogP contribution is 2.22. The van der Waals surface area contributed by atoms with E-state index in [1.165, 1.54) is 16.4 Å². The van der Waals surface area contributed by atoms with Crippen molar-refractivity contribution in [2.24, 2.45) is 5.92 Å². The summed E-state index contributed by atoms with van der Waals surface area (Å²) < 4.78 is 26.2. The smallest absolute Gasteiger partial charge is 0.319 e. The molecule has 2 amide bonds. The lowest BCUT2D eigenvalue weighted by atomic mass is 10.2. The summed E-state index contributed by atoms with van der Waals surface area (Å²) in [4.78, 5) is 11.9. The van der Waals surface area contributed by atoms with Crippen molar-refractivity contribution in [1.82, 2.24) is 9.62 Å². The first-order chi connectivity index (χ1) is 10.4. The Bertz CT molecular complexity index is 605. The van der Waals surface area contributed by atoms with E-state index in [4.69, 9.17) is 0 Å². The lowest BCUT2D eigenvalue weighted by Crippen LogP contribution is -2.31. The molecule has 1 fully saturated rings. The number of hydrogen-bond acceptors (Lipinski definition) is 3. The van der Waals surface area contributed by atoms with Crippen LogP contribution in [-0.4, -0.2) is 38.4 Å². The molecule has 22 heavy (non-hydrogen) atoms. The van der Waals surface area contributed by atoms with Gasteiger partial charge < -0.3 is 10.6 Å². The fourth-order valence-electron chi connectivity index (χ4n) is 2.26. The molecule has 0 radical (unpaired) electrons. The maximum absolute atomic E-state index is 12.4. The van der Waals surface area contributed by atoms with Crippen molar-refractivity contribution in [2.75, 3.05) is 25.0 Å². The van der Waals surface area contributed by atoms with E-state index in [1.807, 2.05) is 13.8 Å². The molecule has 1 aromatic carbocycles. The summed E-state index contributed by atoms with van der Waals surface area (Å²) in [7, 11) is -3.40. The van der Waals surface area contributed by atoms with Gasteiger partial charge in [0.25, 0.3) is 0 Å². The van der Waals surface area contributed by atoms with Crippen molar-refractivity contribution in [2.45, 2.75) is 31.6 Å². The van der Waals surface area contributed by atoms with Crippen LogP contribution in [0.5, 0.6) is 0 Å². The van der Waals surface area contributed by atoms with Gasteiger partial charge in [-0.2, -0.15) is 4.31 Å². The van der Waals surface area contributed by atoms with Gasteiger partial charge in [-0.3, -0.25) is 0 Å². The van der Waals surface area contributed by atoms with Crippen LogP contribution in [0.25, 0.3) is 0 Å². The van der Waals surface area contributed by atoms with E-state index in [2.05, 4.69) is 10.6 Å². The predicted octanol–water partition coefficient (Wildman–Crippen LogP) is 2.25. The van der Waals surface area contributed by atoms with Crippen LogP contribution in [0.2, 0.25) is 0 Å². The highest BCUT2D eigenvalue weighted by Gasteiger charge is 2.26. The molecule has 1 aliphatic heterocycles. The Hall–Kier alpha value is -1.60. The number of rotatable bonds is 5. The van der Waals surface area contributed by atoms with Gasteiger partial charge in [0.15, 0.2) is 0 Å². The van der Waals surface area contributed by atoms with Gasteiger partial charge in [-0.15, -0.1) is 0 Å². The molecule has 2 N–H and O–H groups in total. The third-order valence-electron chi connectivity index (χ3n) is 3.49. The summed E-state index contributed by atoms with van der Waals surface area (Å²) in [6.07, 6.45) is 1.82. The van der Waals surface area contributed by atoms with Gasteiger partial charge in [-0.1, -0.05) is 13.8 Å². The number of hydrogen-bond donors (Lipinski definition) is 2. The van der Waals surface area contributed by atoms with Crippen LogP contribution in [0.15, 0.2) is 29.2 Å². The average molecular weight is 325 g/mol. The maximum atomic E-state index is 12.4. The van der Waals surface area contributed by atoms with Crippen LogP contribution in [0.1, 0.15) is 26.7 Å².